The first-order valence-corrected chi connectivity index (χ1v) is 8.57. The van der Waals surface area contributed by atoms with Crippen LogP contribution in [0.4, 0.5) is 29.3 Å². The fourth-order valence-corrected chi connectivity index (χ4v) is 2.90. The Hall–Kier alpha value is -3.56. The lowest BCUT2D eigenvalue weighted by Gasteiger charge is -2.09. The maximum atomic E-state index is 12.5. The van der Waals surface area contributed by atoms with Crippen LogP contribution in [0.2, 0.25) is 0 Å². The lowest BCUT2D eigenvalue weighted by atomic mass is 10.1. The van der Waals surface area contributed by atoms with Crippen LogP contribution in [0.15, 0.2) is 42.7 Å². The van der Waals surface area contributed by atoms with Gasteiger partial charge in [0, 0.05) is 25.1 Å². The molecule has 152 valence electrons. The first-order chi connectivity index (χ1) is 13.6. The van der Waals surface area contributed by atoms with Crippen molar-refractivity contribution >= 4 is 34.3 Å². The van der Waals surface area contributed by atoms with Gasteiger partial charge in [-0.1, -0.05) is 6.07 Å². The fraction of sp³-hybridized carbons (Fsp3) is 0.211. The summed E-state index contributed by atoms with van der Waals surface area (Å²) < 4.78 is 38.6. The van der Waals surface area contributed by atoms with Crippen molar-refractivity contribution in [2.24, 2.45) is 0 Å². The molecule has 3 rings (SSSR count). The second-order valence-electron chi connectivity index (χ2n) is 6.33. The zero-order valence-electron chi connectivity index (χ0n) is 15.2. The molecule has 0 bridgehead atoms. The summed E-state index contributed by atoms with van der Waals surface area (Å²) in [7, 11) is 0. The molecule has 0 spiro atoms. The Labute approximate surface area is 163 Å². The van der Waals surface area contributed by atoms with Crippen molar-refractivity contribution in [2.45, 2.75) is 19.5 Å². The smallest absolute Gasteiger partial charge is 0.433 e. The molecule has 7 nitrogen and oxygen atoms in total. The summed E-state index contributed by atoms with van der Waals surface area (Å²) in [4.78, 5) is 26.1. The Bertz CT molecular complexity index is 1060. The molecule has 0 fully saturated rings. The average molecular weight is 406 g/mol. The fourth-order valence-electron chi connectivity index (χ4n) is 2.90. The Kier molecular flexibility index (Phi) is 5.44. The van der Waals surface area contributed by atoms with Crippen LogP contribution >= 0.6 is 0 Å². The number of hydrogen-bond acceptors (Lipinski definition) is 4. The van der Waals surface area contributed by atoms with E-state index in [1.165, 1.54) is 19.2 Å². The summed E-state index contributed by atoms with van der Waals surface area (Å²) in [5.74, 6) is -0.323. The van der Waals surface area contributed by atoms with Gasteiger partial charge in [0.2, 0.25) is 5.91 Å². The molecule has 3 aromatic rings. The summed E-state index contributed by atoms with van der Waals surface area (Å²) in [5.41, 5.74) is 1.18. The van der Waals surface area contributed by atoms with Gasteiger partial charge in [0.1, 0.15) is 5.69 Å². The standard InChI is InChI=1S/C19H17F3N4O3/c1-11(27)25-15-10-26(18(28)29)16-4-2-12(8-14(15)16)6-7-23-13-3-5-17(24-9-13)19(20,21)22/h2-5,8-10,23H,6-7H2,1H3,(H,25,27)(H,28,29). The minimum absolute atomic E-state index is 0.323. The number of carbonyl (C=O) groups is 2. The molecule has 2 aromatic heterocycles. The van der Waals surface area contributed by atoms with E-state index >= 15 is 0 Å². The number of alkyl halides is 3. The summed E-state index contributed by atoms with van der Waals surface area (Å²) in [6.45, 7) is 1.75. The van der Waals surface area contributed by atoms with E-state index in [2.05, 4.69) is 15.6 Å². The maximum Gasteiger partial charge on any atom is 0.433 e. The number of hydrogen-bond donors (Lipinski definition) is 3. The van der Waals surface area contributed by atoms with Gasteiger partial charge in [-0.3, -0.25) is 9.36 Å². The zero-order chi connectivity index (χ0) is 21.2. The normalized spacial score (nSPS) is 11.4. The molecular formula is C19H17F3N4O3. The van der Waals surface area contributed by atoms with E-state index in [-0.39, 0.29) is 5.91 Å². The highest BCUT2D eigenvalue weighted by Crippen LogP contribution is 2.29. The van der Waals surface area contributed by atoms with Crippen LogP contribution in [-0.4, -0.2) is 33.2 Å². The third kappa shape index (κ3) is 4.65. The number of nitrogens with zero attached hydrogens (tertiary/aromatic N) is 2. The molecule has 0 saturated heterocycles. The molecule has 0 atom stereocenters. The van der Waals surface area contributed by atoms with Crippen LogP contribution in [0, 0.1) is 0 Å². The highest BCUT2D eigenvalue weighted by molar-refractivity contribution is 6.04. The van der Waals surface area contributed by atoms with Gasteiger partial charge < -0.3 is 15.7 Å². The minimum Gasteiger partial charge on any atom is -0.464 e. The van der Waals surface area contributed by atoms with E-state index in [1.54, 1.807) is 18.2 Å². The zero-order valence-corrected chi connectivity index (χ0v) is 15.2. The predicted molar refractivity (Wildman–Crippen MR) is 101 cm³/mol. The van der Waals surface area contributed by atoms with Crippen molar-refractivity contribution in [2.75, 3.05) is 17.2 Å². The van der Waals surface area contributed by atoms with Crippen LogP contribution in [0.3, 0.4) is 0 Å². The number of halogens is 3. The second-order valence-corrected chi connectivity index (χ2v) is 6.33. The molecule has 0 radical (unpaired) electrons. The summed E-state index contributed by atoms with van der Waals surface area (Å²) in [5, 5.41) is 15.5. The molecule has 10 heteroatoms. The molecule has 0 aliphatic carbocycles. The van der Waals surface area contributed by atoms with Crippen molar-refractivity contribution in [3.63, 3.8) is 0 Å². The second kappa shape index (κ2) is 7.82. The van der Waals surface area contributed by atoms with Gasteiger partial charge in [-0.05, 0) is 36.2 Å². The number of carbonyl (C=O) groups excluding carboxylic acids is 1. The van der Waals surface area contributed by atoms with Crippen molar-refractivity contribution in [1.29, 1.82) is 0 Å². The monoisotopic (exact) mass is 406 g/mol. The van der Waals surface area contributed by atoms with Crippen LogP contribution in [0.1, 0.15) is 18.2 Å². The third-order valence-electron chi connectivity index (χ3n) is 4.18. The van der Waals surface area contributed by atoms with Gasteiger partial charge >= 0.3 is 12.3 Å². The molecule has 1 amide bonds. The molecule has 0 unspecified atom stereocenters. The number of carboxylic acid groups (broad SMARTS) is 1. The van der Waals surface area contributed by atoms with Crippen LogP contribution in [-0.2, 0) is 17.4 Å². The molecular weight excluding hydrogens is 389 g/mol. The van der Waals surface area contributed by atoms with Crippen LogP contribution < -0.4 is 10.6 Å². The minimum atomic E-state index is -4.48. The third-order valence-corrected chi connectivity index (χ3v) is 4.18. The number of benzene rings is 1. The van der Waals surface area contributed by atoms with Gasteiger partial charge in [0.05, 0.1) is 23.1 Å². The number of amides is 1. The van der Waals surface area contributed by atoms with Gasteiger partial charge in [-0.2, -0.15) is 13.2 Å². The highest BCUT2D eigenvalue weighted by atomic mass is 19.4. The maximum absolute atomic E-state index is 12.5. The Morgan fingerprint density at radius 3 is 2.55 bits per heavy atom. The molecule has 0 aliphatic heterocycles. The first-order valence-electron chi connectivity index (χ1n) is 8.57. The summed E-state index contributed by atoms with van der Waals surface area (Å²) in [6, 6.07) is 7.38. The van der Waals surface area contributed by atoms with Crippen molar-refractivity contribution in [1.82, 2.24) is 9.55 Å². The van der Waals surface area contributed by atoms with Gasteiger partial charge in [-0.15, -0.1) is 0 Å². The van der Waals surface area contributed by atoms with Gasteiger partial charge in [-0.25, -0.2) is 9.78 Å². The Morgan fingerprint density at radius 2 is 1.97 bits per heavy atom. The molecule has 1 aromatic carbocycles. The van der Waals surface area contributed by atoms with E-state index in [9.17, 15) is 27.9 Å². The highest BCUT2D eigenvalue weighted by Gasteiger charge is 2.31. The molecule has 0 saturated carbocycles. The van der Waals surface area contributed by atoms with Crippen LogP contribution in [0.5, 0.6) is 0 Å². The van der Waals surface area contributed by atoms with Gasteiger partial charge in [0.15, 0.2) is 0 Å². The van der Waals surface area contributed by atoms with Gasteiger partial charge in [0.25, 0.3) is 0 Å². The average Bonchev–Trinajstić information content (AvgIpc) is 2.99. The SMILES string of the molecule is CC(=O)Nc1cn(C(=O)O)c2ccc(CCNc3ccc(C(F)(F)F)nc3)cc12. The lowest BCUT2D eigenvalue weighted by Crippen LogP contribution is -2.09. The van der Waals surface area contributed by atoms with E-state index in [0.29, 0.717) is 35.2 Å². The molecule has 0 aliphatic rings. The number of rotatable bonds is 5. The van der Waals surface area contributed by atoms with E-state index in [1.807, 2.05) is 0 Å². The largest absolute Gasteiger partial charge is 0.464 e. The molecule has 3 N–H and O–H groups in total. The Balaban J connectivity index is 1.73. The number of pyridine rings is 1. The topological polar surface area (TPSA) is 96.2 Å². The first kappa shape index (κ1) is 20.2. The van der Waals surface area contributed by atoms with E-state index in [4.69, 9.17) is 0 Å². The van der Waals surface area contributed by atoms with Crippen molar-refractivity contribution in [3.8, 4) is 0 Å². The van der Waals surface area contributed by atoms with Crippen molar-refractivity contribution < 1.29 is 27.9 Å². The molecule has 29 heavy (non-hydrogen) atoms. The van der Waals surface area contributed by atoms with Crippen molar-refractivity contribution in [3.05, 3.63) is 54.0 Å². The Morgan fingerprint density at radius 1 is 1.21 bits per heavy atom. The molecule has 2 heterocycles. The number of aromatic nitrogens is 2. The quantitative estimate of drug-likeness (QED) is 0.590. The predicted octanol–water partition coefficient (Wildman–Crippen LogP) is 4.19. The van der Waals surface area contributed by atoms with E-state index in [0.717, 1.165) is 22.4 Å². The lowest BCUT2D eigenvalue weighted by molar-refractivity contribution is -0.141. The summed E-state index contributed by atoms with van der Waals surface area (Å²) in [6.07, 6.45) is -2.67. The number of fused-ring (bicyclic) bond motifs is 1. The van der Waals surface area contributed by atoms with E-state index < -0.39 is 18.0 Å². The number of nitrogens with one attached hydrogen (secondary N) is 2. The van der Waals surface area contributed by atoms with Crippen LogP contribution in [0.25, 0.3) is 10.9 Å². The number of anilines is 2. The summed E-state index contributed by atoms with van der Waals surface area (Å²) >= 11 is 0.